The molecule has 1 heterocycles. The van der Waals surface area contributed by atoms with Crippen molar-refractivity contribution in [2.24, 2.45) is 10.2 Å². The maximum absolute atomic E-state index is 12.0. The number of hydrogen-bond acceptors (Lipinski definition) is 4. The van der Waals surface area contributed by atoms with Crippen LogP contribution in [-0.4, -0.2) is 22.5 Å². The van der Waals surface area contributed by atoms with E-state index < -0.39 is 0 Å². The molecule has 0 saturated carbocycles. The predicted octanol–water partition coefficient (Wildman–Crippen LogP) is 4.16. The molecule has 0 radical (unpaired) electrons. The summed E-state index contributed by atoms with van der Waals surface area (Å²) in [6, 6.07) is 14.7. The third kappa shape index (κ3) is 4.60. The van der Waals surface area contributed by atoms with E-state index in [-0.39, 0.29) is 11.2 Å². The average molecular weight is 378 g/mol. The second-order valence-corrected chi connectivity index (χ2v) is 7.19. The second-order valence-electron chi connectivity index (χ2n) is 5.13. The van der Waals surface area contributed by atoms with Gasteiger partial charge in [0.05, 0.1) is 11.5 Å². The lowest BCUT2D eigenvalue weighted by Crippen LogP contribution is -2.25. The van der Waals surface area contributed by atoms with Crippen LogP contribution in [0.1, 0.15) is 11.1 Å². The van der Waals surface area contributed by atoms with Gasteiger partial charge in [-0.2, -0.15) is 5.10 Å². The van der Waals surface area contributed by atoms with Crippen LogP contribution in [-0.2, 0) is 11.2 Å². The summed E-state index contributed by atoms with van der Waals surface area (Å²) >= 11 is 13.1. The summed E-state index contributed by atoms with van der Waals surface area (Å²) in [5.41, 5.74) is 1.94. The molecule has 0 aromatic heterocycles. The van der Waals surface area contributed by atoms with Gasteiger partial charge in [-0.05, 0) is 41.8 Å². The lowest BCUT2D eigenvalue weighted by molar-refractivity contribution is -0.118. The van der Waals surface area contributed by atoms with Crippen molar-refractivity contribution in [1.82, 2.24) is 5.32 Å². The monoisotopic (exact) mass is 377 g/mol. The molecule has 122 valence electrons. The minimum atomic E-state index is -0.212. The largest absolute Gasteiger partial charge is 0.303 e. The van der Waals surface area contributed by atoms with E-state index in [2.05, 4.69) is 15.5 Å². The minimum absolute atomic E-state index is 0.0598. The smallest absolute Gasteiger partial charge is 0.239 e. The summed E-state index contributed by atoms with van der Waals surface area (Å²) in [4.78, 5) is 12.0. The van der Waals surface area contributed by atoms with E-state index in [4.69, 9.17) is 23.2 Å². The molecule has 1 aliphatic heterocycles. The van der Waals surface area contributed by atoms with Gasteiger partial charge in [0, 0.05) is 10.0 Å². The maximum Gasteiger partial charge on any atom is 0.239 e. The van der Waals surface area contributed by atoms with Gasteiger partial charge in [-0.1, -0.05) is 59.2 Å². The van der Waals surface area contributed by atoms with Gasteiger partial charge in [0.15, 0.2) is 5.17 Å². The number of halogens is 2. The van der Waals surface area contributed by atoms with E-state index in [9.17, 15) is 4.79 Å². The number of rotatable bonds is 4. The maximum atomic E-state index is 12.0. The highest BCUT2D eigenvalue weighted by Gasteiger charge is 2.30. The average Bonchev–Trinajstić information content (AvgIpc) is 2.91. The van der Waals surface area contributed by atoms with Crippen LogP contribution in [0.3, 0.4) is 0 Å². The van der Waals surface area contributed by atoms with Crippen molar-refractivity contribution < 1.29 is 4.79 Å². The number of carbonyl (C=O) groups is 1. The molecule has 1 saturated heterocycles. The molecule has 24 heavy (non-hydrogen) atoms. The van der Waals surface area contributed by atoms with Crippen LogP contribution >= 0.6 is 35.0 Å². The minimum Gasteiger partial charge on any atom is -0.303 e. The standard InChI is InChI=1S/C17H13Cl2N3OS/c18-13-5-1-11(2-6-13)9-15-16(23)21-17(24-15)22-20-10-12-3-7-14(19)8-4-12/h1-8,10,15H,9H2,(H,21,22,23)/b20-10+. The Morgan fingerprint density at radius 3 is 2.33 bits per heavy atom. The van der Waals surface area contributed by atoms with Crippen LogP contribution in [0.15, 0.2) is 58.7 Å². The first kappa shape index (κ1) is 17.0. The highest BCUT2D eigenvalue weighted by Crippen LogP contribution is 2.24. The third-order valence-corrected chi connectivity index (χ3v) is 4.91. The molecule has 3 rings (SSSR count). The number of thioether (sulfide) groups is 1. The number of benzene rings is 2. The number of hydrogen-bond donors (Lipinski definition) is 1. The molecule has 1 fully saturated rings. The molecule has 1 unspecified atom stereocenters. The van der Waals surface area contributed by atoms with E-state index in [0.717, 1.165) is 11.1 Å². The van der Waals surface area contributed by atoms with E-state index in [0.29, 0.717) is 21.6 Å². The molecule has 2 aromatic rings. The van der Waals surface area contributed by atoms with Gasteiger partial charge in [0.25, 0.3) is 0 Å². The quantitative estimate of drug-likeness (QED) is 0.642. The Kier molecular flexibility index (Phi) is 5.56. The number of carbonyl (C=O) groups excluding carboxylic acids is 1. The molecule has 1 atom stereocenters. The van der Waals surface area contributed by atoms with Crippen molar-refractivity contribution in [1.29, 1.82) is 0 Å². The van der Waals surface area contributed by atoms with Gasteiger partial charge >= 0.3 is 0 Å². The fraction of sp³-hybridized carbons (Fsp3) is 0.118. The zero-order chi connectivity index (χ0) is 16.9. The topological polar surface area (TPSA) is 53.8 Å². The summed E-state index contributed by atoms with van der Waals surface area (Å²) in [6.45, 7) is 0. The molecule has 1 amide bonds. The van der Waals surface area contributed by atoms with Gasteiger partial charge in [0.1, 0.15) is 0 Å². The Morgan fingerprint density at radius 1 is 1.04 bits per heavy atom. The molecular weight excluding hydrogens is 365 g/mol. The van der Waals surface area contributed by atoms with Crippen LogP contribution < -0.4 is 5.32 Å². The molecule has 4 nitrogen and oxygen atoms in total. The van der Waals surface area contributed by atoms with Crippen molar-refractivity contribution in [3.63, 3.8) is 0 Å². The van der Waals surface area contributed by atoms with Crippen LogP contribution in [0.2, 0.25) is 10.0 Å². The van der Waals surface area contributed by atoms with Crippen molar-refractivity contribution >= 4 is 52.3 Å². The normalized spacial score (nSPS) is 19.2. The van der Waals surface area contributed by atoms with Gasteiger partial charge in [0.2, 0.25) is 5.91 Å². The summed E-state index contributed by atoms with van der Waals surface area (Å²) in [5, 5.41) is 12.5. The van der Waals surface area contributed by atoms with Crippen molar-refractivity contribution in [3.8, 4) is 0 Å². The molecule has 1 N–H and O–H groups in total. The molecular formula is C17H13Cl2N3OS. The summed E-state index contributed by atoms with van der Waals surface area (Å²) in [5.74, 6) is -0.0598. The first-order valence-corrected chi connectivity index (χ1v) is 8.82. The van der Waals surface area contributed by atoms with Crippen LogP contribution in [0, 0.1) is 0 Å². The number of nitrogens with zero attached hydrogens (tertiary/aromatic N) is 2. The van der Waals surface area contributed by atoms with Gasteiger partial charge in [-0.25, -0.2) is 0 Å². The van der Waals surface area contributed by atoms with Gasteiger partial charge in [-0.15, -0.1) is 5.10 Å². The van der Waals surface area contributed by atoms with Crippen molar-refractivity contribution in [2.75, 3.05) is 0 Å². The third-order valence-electron chi connectivity index (χ3n) is 3.34. The Morgan fingerprint density at radius 2 is 1.67 bits per heavy atom. The Labute approximate surface area is 154 Å². The molecule has 1 aliphatic rings. The fourth-order valence-electron chi connectivity index (χ4n) is 2.12. The SMILES string of the molecule is O=C1N/C(=N\N=C\c2ccc(Cl)cc2)SC1Cc1ccc(Cl)cc1. The summed E-state index contributed by atoms with van der Waals surface area (Å²) in [6.07, 6.45) is 2.23. The molecule has 0 bridgehead atoms. The van der Waals surface area contributed by atoms with E-state index >= 15 is 0 Å². The first-order chi connectivity index (χ1) is 11.6. The van der Waals surface area contributed by atoms with Crippen molar-refractivity contribution in [2.45, 2.75) is 11.7 Å². The molecule has 2 aromatic carbocycles. The van der Waals surface area contributed by atoms with E-state index in [1.165, 1.54) is 11.8 Å². The number of nitrogens with one attached hydrogen (secondary N) is 1. The van der Waals surface area contributed by atoms with Crippen LogP contribution in [0.4, 0.5) is 0 Å². The Bertz CT molecular complexity index is 788. The predicted molar refractivity (Wildman–Crippen MR) is 101 cm³/mol. The zero-order valence-electron chi connectivity index (χ0n) is 12.4. The van der Waals surface area contributed by atoms with Gasteiger partial charge in [-0.3, -0.25) is 4.79 Å². The molecule has 7 heteroatoms. The Balaban J connectivity index is 1.61. The Hall–Kier alpha value is -1.82. The second kappa shape index (κ2) is 7.83. The zero-order valence-corrected chi connectivity index (χ0v) is 14.8. The summed E-state index contributed by atoms with van der Waals surface area (Å²) in [7, 11) is 0. The van der Waals surface area contributed by atoms with E-state index in [1.807, 2.05) is 36.4 Å². The summed E-state index contributed by atoms with van der Waals surface area (Å²) < 4.78 is 0. The van der Waals surface area contributed by atoms with Crippen molar-refractivity contribution in [3.05, 3.63) is 69.7 Å². The number of amidine groups is 1. The molecule has 0 spiro atoms. The fourth-order valence-corrected chi connectivity index (χ4v) is 3.33. The highest BCUT2D eigenvalue weighted by atomic mass is 35.5. The van der Waals surface area contributed by atoms with Crippen LogP contribution in [0.25, 0.3) is 0 Å². The molecule has 0 aliphatic carbocycles. The lowest BCUT2D eigenvalue weighted by Gasteiger charge is -2.05. The first-order valence-electron chi connectivity index (χ1n) is 7.19. The highest BCUT2D eigenvalue weighted by molar-refractivity contribution is 8.15. The van der Waals surface area contributed by atoms with E-state index in [1.54, 1.807) is 18.3 Å². The number of amides is 1. The van der Waals surface area contributed by atoms with Gasteiger partial charge < -0.3 is 5.32 Å². The van der Waals surface area contributed by atoms with Crippen LogP contribution in [0.5, 0.6) is 0 Å². The lowest BCUT2D eigenvalue weighted by atomic mass is 10.1.